The van der Waals surface area contributed by atoms with Gasteiger partial charge in [-0.05, 0) is 97.3 Å². The lowest BCUT2D eigenvalue weighted by molar-refractivity contribution is 0.618. The molecule has 1 heterocycles. The monoisotopic (exact) mass is 440 g/mol. The van der Waals surface area contributed by atoms with Crippen molar-refractivity contribution in [3.05, 3.63) is 95.1 Å². The lowest BCUT2D eigenvalue weighted by Gasteiger charge is -2.17. The Labute approximate surface area is 197 Å². The van der Waals surface area contributed by atoms with E-state index in [1.165, 1.54) is 59.6 Å². The molecule has 4 rings (SSSR count). The predicted octanol–water partition coefficient (Wildman–Crippen LogP) is 8.39. The molecule has 170 valence electrons. The largest absolute Gasteiger partial charge is 0.299 e. The number of rotatable bonds is 8. The van der Waals surface area contributed by atoms with E-state index in [2.05, 4.69) is 66.7 Å². The molecule has 0 spiro atoms. The minimum absolute atomic E-state index is 0.194. The highest BCUT2D eigenvalue weighted by Gasteiger charge is 2.14. The van der Waals surface area contributed by atoms with Gasteiger partial charge in [-0.3, -0.25) is 4.57 Å². The fraction of sp³-hybridized carbons (Fsp3) is 0.300. The first kappa shape index (κ1) is 23.0. The number of imidazole rings is 1. The maximum atomic E-state index is 13.8. The van der Waals surface area contributed by atoms with E-state index in [-0.39, 0.29) is 5.82 Å². The van der Waals surface area contributed by atoms with Crippen molar-refractivity contribution in [3.8, 4) is 28.2 Å². The molecule has 0 saturated heterocycles. The molecule has 0 aliphatic heterocycles. The Bertz CT molecular complexity index is 1210. The number of hydrogen-bond acceptors (Lipinski definition) is 1. The van der Waals surface area contributed by atoms with Crippen LogP contribution in [0.4, 0.5) is 4.39 Å². The van der Waals surface area contributed by atoms with Crippen LogP contribution in [0, 0.1) is 26.6 Å². The number of hydrogen-bond donors (Lipinski definition) is 0. The minimum atomic E-state index is -0.194. The average Bonchev–Trinajstić information content (AvgIpc) is 3.28. The van der Waals surface area contributed by atoms with Crippen molar-refractivity contribution in [2.75, 3.05) is 0 Å². The lowest BCUT2D eigenvalue weighted by Crippen LogP contribution is -2.02. The molecule has 2 nitrogen and oxygen atoms in total. The smallest absolute Gasteiger partial charge is 0.144 e. The minimum Gasteiger partial charge on any atom is -0.299 e. The second-order valence-corrected chi connectivity index (χ2v) is 9.05. The van der Waals surface area contributed by atoms with Crippen LogP contribution in [0.1, 0.15) is 54.9 Å². The van der Waals surface area contributed by atoms with Gasteiger partial charge in [-0.15, -0.1) is 0 Å². The molecule has 0 unspecified atom stereocenters. The number of halogens is 1. The van der Waals surface area contributed by atoms with E-state index in [1.54, 1.807) is 19.2 Å². The Balaban J connectivity index is 1.62. The van der Waals surface area contributed by atoms with Gasteiger partial charge < -0.3 is 0 Å². The van der Waals surface area contributed by atoms with Crippen LogP contribution in [0.5, 0.6) is 0 Å². The van der Waals surface area contributed by atoms with Gasteiger partial charge in [0.05, 0.1) is 5.69 Å². The standard InChI is InChI=1S/C30H33FN2/c1-5-6-7-8-9-24-10-12-25(13-11-24)27-19-22(3)29(23(4)20-27)33-17-16-32-30(33)26-14-15-28(31)21(2)18-26/h10-20H,5-9H2,1-4H3. The first-order chi connectivity index (χ1) is 16.0. The van der Waals surface area contributed by atoms with Crippen LogP contribution in [0.25, 0.3) is 28.2 Å². The van der Waals surface area contributed by atoms with Crippen molar-refractivity contribution in [1.82, 2.24) is 9.55 Å². The van der Waals surface area contributed by atoms with Crippen LogP contribution in [0.2, 0.25) is 0 Å². The van der Waals surface area contributed by atoms with E-state index >= 15 is 0 Å². The summed E-state index contributed by atoms with van der Waals surface area (Å²) in [6.45, 7) is 8.33. The second kappa shape index (κ2) is 10.2. The summed E-state index contributed by atoms with van der Waals surface area (Å²) in [7, 11) is 0. The molecule has 0 fully saturated rings. The highest BCUT2D eigenvalue weighted by atomic mass is 19.1. The first-order valence-electron chi connectivity index (χ1n) is 12.0. The van der Waals surface area contributed by atoms with Gasteiger partial charge in [0.25, 0.3) is 0 Å². The SMILES string of the molecule is CCCCCCc1ccc(-c2cc(C)c(-n3ccnc3-c3ccc(F)c(C)c3)c(C)c2)cc1. The molecule has 0 amide bonds. The molecular formula is C30H33FN2. The molecule has 0 N–H and O–H groups in total. The first-order valence-corrected chi connectivity index (χ1v) is 12.0. The molecule has 33 heavy (non-hydrogen) atoms. The van der Waals surface area contributed by atoms with Crippen molar-refractivity contribution in [2.45, 2.75) is 59.8 Å². The van der Waals surface area contributed by atoms with Crippen LogP contribution in [0.3, 0.4) is 0 Å². The van der Waals surface area contributed by atoms with Gasteiger partial charge in [0, 0.05) is 18.0 Å². The van der Waals surface area contributed by atoms with Gasteiger partial charge in [0.1, 0.15) is 11.6 Å². The molecule has 0 aliphatic carbocycles. The molecular weight excluding hydrogens is 407 g/mol. The van der Waals surface area contributed by atoms with Gasteiger partial charge in [-0.1, -0.05) is 50.5 Å². The maximum Gasteiger partial charge on any atom is 0.144 e. The van der Waals surface area contributed by atoms with Crippen molar-refractivity contribution in [1.29, 1.82) is 0 Å². The van der Waals surface area contributed by atoms with Crippen LogP contribution in [0.15, 0.2) is 67.0 Å². The Morgan fingerprint density at radius 1 is 0.758 bits per heavy atom. The molecule has 0 atom stereocenters. The second-order valence-electron chi connectivity index (χ2n) is 9.05. The Kier molecular flexibility index (Phi) is 7.08. The highest BCUT2D eigenvalue weighted by molar-refractivity contribution is 5.70. The molecule has 0 aliphatic rings. The molecule has 1 aromatic heterocycles. The van der Waals surface area contributed by atoms with E-state index in [4.69, 9.17) is 0 Å². The van der Waals surface area contributed by atoms with Crippen molar-refractivity contribution >= 4 is 0 Å². The molecule has 0 radical (unpaired) electrons. The van der Waals surface area contributed by atoms with Crippen molar-refractivity contribution in [3.63, 3.8) is 0 Å². The normalized spacial score (nSPS) is 11.2. The summed E-state index contributed by atoms with van der Waals surface area (Å²) in [4.78, 5) is 4.58. The number of aromatic nitrogens is 2. The zero-order valence-corrected chi connectivity index (χ0v) is 20.2. The van der Waals surface area contributed by atoms with Gasteiger partial charge >= 0.3 is 0 Å². The lowest BCUT2D eigenvalue weighted by atomic mass is 9.97. The summed E-state index contributed by atoms with van der Waals surface area (Å²) in [5, 5.41) is 0. The quantitative estimate of drug-likeness (QED) is 0.252. The van der Waals surface area contributed by atoms with E-state index in [9.17, 15) is 4.39 Å². The summed E-state index contributed by atoms with van der Waals surface area (Å²) in [6, 6.07) is 18.7. The third kappa shape index (κ3) is 5.08. The van der Waals surface area contributed by atoms with Crippen LogP contribution >= 0.6 is 0 Å². The number of unbranched alkanes of at least 4 members (excludes halogenated alkanes) is 3. The molecule has 3 heteroatoms. The zero-order valence-electron chi connectivity index (χ0n) is 20.2. The predicted molar refractivity (Wildman–Crippen MR) is 136 cm³/mol. The summed E-state index contributed by atoms with van der Waals surface area (Å²) >= 11 is 0. The third-order valence-electron chi connectivity index (χ3n) is 6.40. The van der Waals surface area contributed by atoms with Gasteiger partial charge in [0.15, 0.2) is 0 Å². The molecule has 4 aromatic rings. The van der Waals surface area contributed by atoms with E-state index < -0.39 is 0 Å². The Morgan fingerprint density at radius 2 is 1.42 bits per heavy atom. The topological polar surface area (TPSA) is 17.8 Å². The number of benzene rings is 3. The fourth-order valence-electron chi connectivity index (χ4n) is 4.60. The summed E-state index contributed by atoms with van der Waals surface area (Å²) in [5.41, 5.74) is 8.92. The van der Waals surface area contributed by atoms with E-state index in [1.807, 2.05) is 12.3 Å². The number of aryl methyl sites for hydroxylation is 4. The van der Waals surface area contributed by atoms with Gasteiger partial charge in [-0.2, -0.15) is 0 Å². The van der Waals surface area contributed by atoms with Crippen molar-refractivity contribution < 1.29 is 4.39 Å². The van der Waals surface area contributed by atoms with Crippen molar-refractivity contribution in [2.24, 2.45) is 0 Å². The van der Waals surface area contributed by atoms with E-state index in [0.717, 1.165) is 23.5 Å². The highest BCUT2D eigenvalue weighted by Crippen LogP contribution is 2.31. The van der Waals surface area contributed by atoms with Crippen LogP contribution < -0.4 is 0 Å². The summed E-state index contributed by atoms with van der Waals surface area (Å²) in [6.07, 6.45) is 10.1. The Morgan fingerprint density at radius 3 is 2.09 bits per heavy atom. The summed E-state index contributed by atoms with van der Waals surface area (Å²) < 4.78 is 15.9. The fourth-order valence-corrected chi connectivity index (χ4v) is 4.60. The maximum absolute atomic E-state index is 13.8. The third-order valence-corrected chi connectivity index (χ3v) is 6.40. The van der Waals surface area contributed by atoms with Crippen LogP contribution in [-0.4, -0.2) is 9.55 Å². The van der Waals surface area contributed by atoms with Gasteiger partial charge in [-0.25, -0.2) is 9.37 Å². The average molecular weight is 441 g/mol. The molecule has 0 saturated carbocycles. The van der Waals surface area contributed by atoms with E-state index in [0.29, 0.717) is 5.56 Å². The van der Waals surface area contributed by atoms with Gasteiger partial charge in [0.2, 0.25) is 0 Å². The summed E-state index contributed by atoms with van der Waals surface area (Å²) in [5.74, 6) is 0.630. The molecule has 3 aromatic carbocycles. The number of nitrogens with zero attached hydrogens (tertiary/aromatic N) is 2. The Hall–Kier alpha value is -3.20. The zero-order chi connectivity index (χ0) is 23.4. The van der Waals surface area contributed by atoms with Crippen LogP contribution in [-0.2, 0) is 6.42 Å². The molecule has 0 bridgehead atoms.